The number of nitrogens with two attached hydrogens (primary N) is 1. The average molecular weight is 375 g/mol. The number of hydrogen-bond acceptors (Lipinski definition) is 4. The molecule has 0 fully saturated rings. The van der Waals surface area contributed by atoms with Crippen molar-refractivity contribution in [2.75, 3.05) is 6.61 Å². The zero-order chi connectivity index (χ0) is 19.7. The summed E-state index contributed by atoms with van der Waals surface area (Å²) in [6.45, 7) is 1.86. The summed E-state index contributed by atoms with van der Waals surface area (Å²) < 4.78 is 12.5. The molecule has 1 heterocycles. The molecular weight excluding hydrogens is 354 g/mol. The predicted molar refractivity (Wildman–Crippen MR) is 106 cm³/mol. The topological polar surface area (TPSA) is 81.8 Å². The van der Waals surface area contributed by atoms with Gasteiger partial charge in [0.25, 0.3) is 0 Å². The summed E-state index contributed by atoms with van der Waals surface area (Å²) in [5.74, 6) is 0.242. The Morgan fingerprint density at radius 1 is 1.04 bits per heavy atom. The first-order valence-corrected chi connectivity index (χ1v) is 9.09. The first-order valence-electron chi connectivity index (χ1n) is 9.09. The van der Waals surface area contributed by atoms with Crippen LogP contribution in [0.2, 0.25) is 0 Å². The monoisotopic (exact) mass is 375 g/mol. The zero-order valence-corrected chi connectivity index (χ0v) is 15.5. The molecule has 5 heteroatoms. The number of benzene rings is 3. The fourth-order valence-corrected chi connectivity index (χ4v) is 3.66. The summed E-state index contributed by atoms with van der Waals surface area (Å²) >= 11 is 0. The summed E-state index contributed by atoms with van der Waals surface area (Å²) in [5, 5.41) is 9.27. The number of carboxylic acids is 1. The van der Waals surface area contributed by atoms with Crippen LogP contribution in [0.25, 0.3) is 0 Å². The lowest BCUT2D eigenvalue weighted by Crippen LogP contribution is -2.42. The second kappa shape index (κ2) is 7.11. The molecule has 5 nitrogen and oxygen atoms in total. The SMILES string of the molecule is Cc1cccc(C2(OC[C@@H](N)C(=O)O)c3ccccc3Oc3ccccc32)c1. The van der Waals surface area contributed by atoms with E-state index in [1.807, 2.05) is 79.7 Å². The Labute approximate surface area is 163 Å². The Hall–Kier alpha value is -3.15. The molecule has 0 spiro atoms. The molecule has 3 aromatic rings. The van der Waals surface area contributed by atoms with Gasteiger partial charge in [-0.25, -0.2) is 0 Å². The van der Waals surface area contributed by atoms with Crippen molar-refractivity contribution in [2.45, 2.75) is 18.6 Å². The maximum absolute atomic E-state index is 11.3. The molecule has 1 aliphatic rings. The van der Waals surface area contributed by atoms with Crippen LogP contribution in [0, 0.1) is 6.92 Å². The van der Waals surface area contributed by atoms with Crippen molar-refractivity contribution < 1.29 is 19.4 Å². The first kappa shape index (κ1) is 18.2. The molecule has 1 atom stereocenters. The van der Waals surface area contributed by atoms with Crippen molar-refractivity contribution in [3.63, 3.8) is 0 Å². The lowest BCUT2D eigenvalue weighted by Gasteiger charge is -2.41. The van der Waals surface area contributed by atoms with E-state index in [0.29, 0.717) is 11.5 Å². The number of para-hydroxylation sites is 2. The van der Waals surface area contributed by atoms with Gasteiger partial charge in [0.2, 0.25) is 0 Å². The Morgan fingerprint density at radius 3 is 2.21 bits per heavy atom. The number of carbonyl (C=O) groups is 1. The normalized spacial score (nSPS) is 15.1. The minimum atomic E-state index is -1.14. The molecule has 0 aliphatic carbocycles. The van der Waals surface area contributed by atoms with Crippen molar-refractivity contribution >= 4 is 5.97 Å². The largest absolute Gasteiger partial charge is 0.480 e. The molecule has 0 aromatic heterocycles. The lowest BCUT2D eigenvalue weighted by atomic mass is 9.77. The van der Waals surface area contributed by atoms with E-state index < -0.39 is 17.6 Å². The van der Waals surface area contributed by atoms with Crippen molar-refractivity contribution in [2.24, 2.45) is 5.73 Å². The molecule has 1 aliphatic heterocycles. The molecule has 4 rings (SSSR count). The molecular formula is C23H21NO4. The highest BCUT2D eigenvalue weighted by molar-refractivity contribution is 5.73. The van der Waals surface area contributed by atoms with Gasteiger partial charge in [-0.05, 0) is 24.6 Å². The third kappa shape index (κ3) is 2.95. The van der Waals surface area contributed by atoms with Crippen LogP contribution in [0.5, 0.6) is 11.5 Å². The molecule has 0 radical (unpaired) electrons. The molecule has 0 amide bonds. The quantitative estimate of drug-likeness (QED) is 0.708. The van der Waals surface area contributed by atoms with E-state index in [0.717, 1.165) is 22.3 Å². The van der Waals surface area contributed by atoms with Crippen LogP contribution in [-0.2, 0) is 15.1 Å². The van der Waals surface area contributed by atoms with Gasteiger partial charge in [0.1, 0.15) is 17.5 Å². The number of ether oxygens (including phenoxy) is 2. The minimum Gasteiger partial charge on any atom is -0.480 e. The van der Waals surface area contributed by atoms with Crippen LogP contribution in [0.1, 0.15) is 22.3 Å². The minimum absolute atomic E-state index is 0.147. The van der Waals surface area contributed by atoms with Crippen LogP contribution in [0.3, 0.4) is 0 Å². The molecule has 3 aromatic carbocycles. The number of hydrogen-bond donors (Lipinski definition) is 2. The van der Waals surface area contributed by atoms with Crippen molar-refractivity contribution in [1.82, 2.24) is 0 Å². The van der Waals surface area contributed by atoms with Crippen LogP contribution in [0.15, 0.2) is 72.8 Å². The van der Waals surface area contributed by atoms with E-state index >= 15 is 0 Å². The second-order valence-corrected chi connectivity index (χ2v) is 6.90. The molecule has 0 saturated carbocycles. The molecule has 142 valence electrons. The summed E-state index contributed by atoms with van der Waals surface area (Å²) in [4.78, 5) is 11.3. The fourth-order valence-electron chi connectivity index (χ4n) is 3.66. The molecule has 3 N–H and O–H groups in total. The number of fused-ring (bicyclic) bond motifs is 2. The third-order valence-corrected chi connectivity index (χ3v) is 4.97. The highest BCUT2D eigenvalue weighted by Crippen LogP contribution is 2.52. The molecule has 0 bridgehead atoms. The summed E-state index contributed by atoms with van der Waals surface area (Å²) in [5.41, 5.74) is 8.36. The van der Waals surface area contributed by atoms with E-state index in [1.54, 1.807) is 0 Å². The van der Waals surface area contributed by atoms with Crippen LogP contribution in [0.4, 0.5) is 0 Å². The van der Waals surface area contributed by atoms with Gasteiger partial charge in [-0.1, -0.05) is 66.2 Å². The summed E-state index contributed by atoms with van der Waals surface area (Å²) in [6.07, 6.45) is 0. The first-order chi connectivity index (χ1) is 13.5. The van der Waals surface area contributed by atoms with Crippen molar-refractivity contribution in [1.29, 1.82) is 0 Å². The van der Waals surface area contributed by atoms with E-state index in [9.17, 15) is 9.90 Å². The van der Waals surface area contributed by atoms with Crippen LogP contribution >= 0.6 is 0 Å². The Kier molecular flexibility index (Phi) is 4.63. The lowest BCUT2D eigenvalue weighted by molar-refractivity contribution is -0.141. The third-order valence-electron chi connectivity index (χ3n) is 4.97. The average Bonchev–Trinajstić information content (AvgIpc) is 2.70. The maximum atomic E-state index is 11.3. The summed E-state index contributed by atoms with van der Waals surface area (Å²) in [6, 6.07) is 22.2. The van der Waals surface area contributed by atoms with Gasteiger partial charge in [-0.3, -0.25) is 4.79 Å². The standard InChI is InChI=1S/C23H21NO4/c1-15-7-6-8-16(13-15)23(27-14-19(24)22(25)26)17-9-2-4-11-20(17)28-21-12-5-3-10-18(21)23/h2-13,19H,14,24H2,1H3,(H,25,26)/t19-/m1/s1. The van der Waals surface area contributed by atoms with Gasteiger partial charge >= 0.3 is 5.97 Å². The molecule has 0 saturated heterocycles. The maximum Gasteiger partial charge on any atom is 0.322 e. The van der Waals surface area contributed by atoms with E-state index in [2.05, 4.69) is 0 Å². The molecule has 28 heavy (non-hydrogen) atoms. The summed E-state index contributed by atoms with van der Waals surface area (Å²) in [7, 11) is 0. The Bertz CT molecular complexity index is 985. The van der Waals surface area contributed by atoms with Crippen molar-refractivity contribution in [3.05, 3.63) is 95.1 Å². The van der Waals surface area contributed by atoms with E-state index in [1.165, 1.54) is 0 Å². The van der Waals surface area contributed by atoms with E-state index in [4.69, 9.17) is 15.2 Å². The predicted octanol–water partition coefficient (Wildman–Crippen LogP) is 3.82. The van der Waals surface area contributed by atoms with E-state index in [-0.39, 0.29) is 6.61 Å². The fraction of sp³-hybridized carbons (Fsp3) is 0.174. The highest BCUT2D eigenvalue weighted by Gasteiger charge is 2.45. The number of rotatable bonds is 5. The number of carboxylic acid groups (broad SMARTS) is 1. The number of aliphatic carboxylic acids is 1. The van der Waals surface area contributed by atoms with Gasteiger partial charge in [0.05, 0.1) is 6.61 Å². The van der Waals surface area contributed by atoms with Gasteiger partial charge in [-0.2, -0.15) is 0 Å². The van der Waals surface area contributed by atoms with Gasteiger partial charge in [0, 0.05) is 11.1 Å². The van der Waals surface area contributed by atoms with Crippen LogP contribution in [-0.4, -0.2) is 23.7 Å². The van der Waals surface area contributed by atoms with Crippen molar-refractivity contribution in [3.8, 4) is 11.5 Å². The molecule has 0 unspecified atom stereocenters. The zero-order valence-electron chi connectivity index (χ0n) is 15.5. The number of aryl methyl sites for hydroxylation is 1. The van der Waals surface area contributed by atoms with Gasteiger partial charge in [0.15, 0.2) is 5.60 Å². The smallest absolute Gasteiger partial charge is 0.322 e. The highest BCUT2D eigenvalue weighted by atomic mass is 16.5. The van der Waals surface area contributed by atoms with Gasteiger partial charge < -0.3 is 20.3 Å². The van der Waals surface area contributed by atoms with Crippen LogP contribution < -0.4 is 10.5 Å². The Morgan fingerprint density at radius 2 is 1.64 bits per heavy atom. The second-order valence-electron chi connectivity index (χ2n) is 6.90. The van der Waals surface area contributed by atoms with Gasteiger partial charge in [-0.15, -0.1) is 0 Å². The Balaban J connectivity index is 1.98.